The van der Waals surface area contributed by atoms with Crippen molar-refractivity contribution in [3.8, 4) is 11.8 Å². The summed E-state index contributed by atoms with van der Waals surface area (Å²) in [7, 11) is 0. The minimum atomic E-state index is 0.771. The number of hydrogen-bond acceptors (Lipinski definition) is 2. The van der Waals surface area contributed by atoms with Crippen LogP contribution in [-0.4, -0.2) is 6.61 Å². The lowest BCUT2D eigenvalue weighted by molar-refractivity contribution is 0.302. The lowest BCUT2D eigenvalue weighted by atomic mass is 10.0. The number of ether oxygens (including phenoxy) is 1. The van der Waals surface area contributed by atoms with E-state index in [-0.39, 0.29) is 0 Å². The summed E-state index contributed by atoms with van der Waals surface area (Å²) in [5, 5.41) is 9.17. The van der Waals surface area contributed by atoms with Gasteiger partial charge in [0.25, 0.3) is 0 Å². The number of benzene rings is 2. The zero-order valence-electron chi connectivity index (χ0n) is 13.6. The molecule has 118 valence electrons. The average molecular weight is 305 g/mol. The summed E-state index contributed by atoms with van der Waals surface area (Å²) in [6.07, 6.45) is 7.84. The topological polar surface area (TPSA) is 33.0 Å². The molecule has 0 amide bonds. The molecule has 2 heteroatoms. The normalized spacial score (nSPS) is 12.7. The molecule has 0 radical (unpaired) electrons. The quantitative estimate of drug-likeness (QED) is 0.686. The molecular weight excluding hydrogens is 282 g/mol. The minimum absolute atomic E-state index is 0.771. The Morgan fingerprint density at radius 3 is 2.57 bits per heavy atom. The SMILES string of the molecule is N#Cc1ccc(OCCCCCc2ccccc2)c2c1CCC2. The van der Waals surface area contributed by atoms with E-state index in [2.05, 4.69) is 36.4 Å². The molecule has 0 atom stereocenters. The zero-order valence-corrected chi connectivity index (χ0v) is 13.6. The number of nitriles is 1. The van der Waals surface area contributed by atoms with Crippen LogP contribution in [0, 0.1) is 11.3 Å². The Bertz CT molecular complexity index is 685. The van der Waals surface area contributed by atoms with E-state index in [0.717, 1.165) is 50.0 Å². The van der Waals surface area contributed by atoms with E-state index >= 15 is 0 Å². The van der Waals surface area contributed by atoms with Gasteiger partial charge in [-0.25, -0.2) is 0 Å². The molecule has 2 nitrogen and oxygen atoms in total. The largest absolute Gasteiger partial charge is 0.493 e. The van der Waals surface area contributed by atoms with Crippen molar-refractivity contribution >= 4 is 0 Å². The van der Waals surface area contributed by atoms with Crippen LogP contribution in [0.2, 0.25) is 0 Å². The van der Waals surface area contributed by atoms with Crippen LogP contribution in [0.25, 0.3) is 0 Å². The van der Waals surface area contributed by atoms with Crippen LogP contribution in [0.15, 0.2) is 42.5 Å². The van der Waals surface area contributed by atoms with Crippen molar-refractivity contribution in [1.29, 1.82) is 5.26 Å². The summed E-state index contributed by atoms with van der Waals surface area (Å²) < 4.78 is 5.99. The van der Waals surface area contributed by atoms with Gasteiger partial charge in [-0.3, -0.25) is 0 Å². The molecule has 3 rings (SSSR count). The standard InChI is InChI=1S/C21H23NO/c22-16-18-13-14-21(20-12-7-11-19(18)20)23-15-6-2-5-10-17-8-3-1-4-9-17/h1,3-4,8-9,13-14H,2,5-7,10-12,15H2. The lowest BCUT2D eigenvalue weighted by Gasteiger charge is -2.11. The Morgan fingerprint density at radius 2 is 1.74 bits per heavy atom. The second-order valence-corrected chi connectivity index (χ2v) is 6.18. The first-order valence-corrected chi connectivity index (χ1v) is 8.60. The van der Waals surface area contributed by atoms with Gasteiger partial charge >= 0.3 is 0 Å². The van der Waals surface area contributed by atoms with Crippen LogP contribution in [0.1, 0.15) is 47.9 Å². The van der Waals surface area contributed by atoms with Crippen molar-refractivity contribution in [3.63, 3.8) is 0 Å². The molecule has 0 spiro atoms. The summed E-state index contributed by atoms with van der Waals surface area (Å²) in [6.45, 7) is 0.771. The molecule has 2 aromatic rings. The predicted octanol–water partition coefficient (Wildman–Crippen LogP) is 4.84. The third kappa shape index (κ3) is 3.93. The highest BCUT2D eigenvalue weighted by Gasteiger charge is 2.19. The maximum atomic E-state index is 9.17. The third-order valence-electron chi connectivity index (χ3n) is 4.57. The molecule has 0 saturated heterocycles. The van der Waals surface area contributed by atoms with Crippen LogP contribution in [0.5, 0.6) is 5.75 Å². The number of unbranched alkanes of at least 4 members (excludes halogenated alkanes) is 2. The van der Waals surface area contributed by atoms with Crippen LogP contribution in [0.3, 0.4) is 0 Å². The molecule has 0 bridgehead atoms. The zero-order chi connectivity index (χ0) is 15.9. The van der Waals surface area contributed by atoms with Gasteiger partial charge in [-0.2, -0.15) is 5.26 Å². The van der Waals surface area contributed by atoms with Gasteiger partial charge < -0.3 is 4.74 Å². The van der Waals surface area contributed by atoms with Gasteiger partial charge in [0.1, 0.15) is 5.75 Å². The Hall–Kier alpha value is -2.27. The van der Waals surface area contributed by atoms with Gasteiger partial charge in [0.05, 0.1) is 18.2 Å². The first kappa shape index (κ1) is 15.6. The van der Waals surface area contributed by atoms with E-state index in [1.807, 2.05) is 12.1 Å². The van der Waals surface area contributed by atoms with Crippen molar-refractivity contribution in [2.24, 2.45) is 0 Å². The second kappa shape index (κ2) is 7.83. The number of fused-ring (bicyclic) bond motifs is 1. The van der Waals surface area contributed by atoms with Crippen molar-refractivity contribution in [2.45, 2.75) is 44.9 Å². The molecule has 0 saturated carbocycles. The highest BCUT2D eigenvalue weighted by molar-refractivity contribution is 5.52. The summed E-state index contributed by atoms with van der Waals surface area (Å²) in [5.41, 5.74) is 4.73. The van der Waals surface area contributed by atoms with Crippen molar-refractivity contribution in [1.82, 2.24) is 0 Å². The minimum Gasteiger partial charge on any atom is -0.493 e. The monoisotopic (exact) mass is 305 g/mol. The van der Waals surface area contributed by atoms with Gasteiger partial charge in [0, 0.05) is 0 Å². The van der Waals surface area contributed by atoms with E-state index in [1.165, 1.54) is 29.5 Å². The van der Waals surface area contributed by atoms with Gasteiger partial charge in [-0.15, -0.1) is 0 Å². The van der Waals surface area contributed by atoms with Crippen molar-refractivity contribution in [3.05, 3.63) is 64.7 Å². The van der Waals surface area contributed by atoms with E-state index < -0.39 is 0 Å². The van der Waals surface area contributed by atoms with Gasteiger partial charge in [-0.05, 0) is 73.8 Å². The first-order chi connectivity index (χ1) is 11.4. The molecule has 1 aliphatic rings. The van der Waals surface area contributed by atoms with Crippen molar-refractivity contribution < 1.29 is 4.74 Å². The second-order valence-electron chi connectivity index (χ2n) is 6.18. The molecule has 2 aromatic carbocycles. The van der Waals surface area contributed by atoms with E-state index in [0.29, 0.717) is 0 Å². The van der Waals surface area contributed by atoms with Gasteiger partial charge in [0.2, 0.25) is 0 Å². The maximum Gasteiger partial charge on any atom is 0.122 e. The average Bonchev–Trinajstić information content (AvgIpc) is 3.09. The van der Waals surface area contributed by atoms with E-state index in [9.17, 15) is 0 Å². The molecule has 0 unspecified atom stereocenters. The Morgan fingerprint density at radius 1 is 0.913 bits per heavy atom. The van der Waals surface area contributed by atoms with E-state index in [1.54, 1.807) is 0 Å². The fraction of sp³-hybridized carbons (Fsp3) is 0.381. The number of aryl methyl sites for hydroxylation is 1. The Kier molecular flexibility index (Phi) is 5.32. The number of hydrogen-bond donors (Lipinski definition) is 0. The highest BCUT2D eigenvalue weighted by Crippen LogP contribution is 2.33. The van der Waals surface area contributed by atoms with Crippen LogP contribution < -0.4 is 4.74 Å². The maximum absolute atomic E-state index is 9.17. The first-order valence-electron chi connectivity index (χ1n) is 8.60. The van der Waals surface area contributed by atoms with Crippen LogP contribution in [0.4, 0.5) is 0 Å². The number of rotatable bonds is 7. The molecule has 0 fully saturated rings. The molecule has 0 N–H and O–H groups in total. The fourth-order valence-electron chi connectivity index (χ4n) is 3.35. The van der Waals surface area contributed by atoms with Gasteiger partial charge in [-0.1, -0.05) is 30.3 Å². The molecule has 0 aliphatic heterocycles. The summed E-state index contributed by atoms with van der Waals surface area (Å²) in [6, 6.07) is 16.8. The highest BCUT2D eigenvalue weighted by atomic mass is 16.5. The fourth-order valence-corrected chi connectivity index (χ4v) is 3.35. The molecule has 0 aromatic heterocycles. The number of nitrogens with zero attached hydrogens (tertiary/aromatic N) is 1. The molecule has 23 heavy (non-hydrogen) atoms. The predicted molar refractivity (Wildman–Crippen MR) is 92.7 cm³/mol. The smallest absolute Gasteiger partial charge is 0.122 e. The third-order valence-corrected chi connectivity index (χ3v) is 4.57. The molecule has 1 aliphatic carbocycles. The molecular formula is C21H23NO. The summed E-state index contributed by atoms with van der Waals surface area (Å²) in [4.78, 5) is 0. The summed E-state index contributed by atoms with van der Waals surface area (Å²) in [5.74, 6) is 1.000. The van der Waals surface area contributed by atoms with Gasteiger partial charge in [0.15, 0.2) is 0 Å². The van der Waals surface area contributed by atoms with Crippen molar-refractivity contribution in [2.75, 3.05) is 6.61 Å². The lowest BCUT2D eigenvalue weighted by Crippen LogP contribution is -2.01. The van der Waals surface area contributed by atoms with Crippen LogP contribution in [-0.2, 0) is 19.3 Å². The molecule has 0 heterocycles. The Balaban J connectivity index is 1.43. The Labute approximate surface area is 138 Å². The van der Waals surface area contributed by atoms with E-state index in [4.69, 9.17) is 10.00 Å². The van der Waals surface area contributed by atoms with Crippen LogP contribution >= 0.6 is 0 Å². The summed E-state index contributed by atoms with van der Waals surface area (Å²) >= 11 is 0.